The fourth-order valence-electron chi connectivity index (χ4n) is 2.96. The van der Waals surface area contributed by atoms with Crippen LogP contribution in [0.4, 0.5) is 8.78 Å². The Morgan fingerprint density at radius 1 is 1.32 bits per heavy atom. The van der Waals surface area contributed by atoms with Crippen LogP contribution in [0, 0.1) is 17.6 Å². The largest absolute Gasteiger partial charge is 0.343 e. The second-order valence-corrected chi connectivity index (χ2v) is 5.93. The molecule has 1 fully saturated rings. The van der Waals surface area contributed by atoms with Gasteiger partial charge in [-0.2, -0.15) is 0 Å². The molecule has 0 atom stereocenters. The molecular weight excluding hydrogens is 286 g/mol. The van der Waals surface area contributed by atoms with Crippen LogP contribution in [0.1, 0.15) is 31.2 Å². The third-order valence-electron chi connectivity index (χ3n) is 4.41. The molecule has 122 valence electrons. The van der Waals surface area contributed by atoms with E-state index in [1.165, 1.54) is 12.1 Å². The van der Waals surface area contributed by atoms with Crippen molar-refractivity contribution in [3.8, 4) is 0 Å². The molecule has 3 nitrogen and oxygen atoms in total. The van der Waals surface area contributed by atoms with Gasteiger partial charge in [0.1, 0.15) is 0 Å². The molecule has 0 aromatic heterocycles. The van der Waals surface area contributed by atoms with Gasteiger partial charge in [-0.3, -0.25) is 4.79 Å². The summed E-state index contributed by atoms with van der Waals surface area (Å²) in [6, 6.07) is 4.11. The topological polar surface area (TPSA) is 32.3 Å². The number of nitrogens with zero attached hydrogens (tertiary/aromatic N) is 1. The Labute approximate surface area is 130 Å². The molecule has 1 aromatic rings. The van der Waals surface area contributed by atoms with E-state index in [1.807, 2.05) is 11.9 Å². The Morgan fingerprint density at radius 2 is 2.05 bits per heavy atom. The molecule has 22 heavy (non-hydrogen) atoms. The van der Waals surface area contributed by atoms with Crippen molar-refractivity contribution in [2.24, 2.45) is 5.92 Å². The van der Waals surface area contributed by atoms with Gasteiger partial charge in [-0.25, -0.2) is 8.78 Å². The maximum Gasteiger partial charge on any atom is 0.222 e. The highest BCUT2D eigenvalue weighted by molar-refractivity contribution is 5.76. The Morgan fingerprint density at radius 3 is 2.73 bits per heavy atom. The van der Waals surface area contributed by atoms with Gasteiger partial charge in [0.2, 0.25) is 5.91 Å². The van der Waals surface area contributed by atoms with Crippen molar-refractivity contribution >= 4 is 5.91 Å². The molecule has 0 unspecified atom stereocenters. The van der Waals surface area contributed by atoms with Gasteiger partial charge in [-0.1, -0.05) is 12.1 Å². The van der Waals surface area contributed by atoms with E-state index < -0.39 is 11.6 Å². The van der Waals surface area contributed by atoms with Crippen LogP contribution in [0.2, 0.25) is 0 Å². The maximum absolute atomic E-state index is 13.6. The van der Waals surface area contributed by atoms with Gasteiger partial charge in [0.25, 0.3) is 0 Å². The minimum atomic E-state index is -0.852. The summed E-state index contributed by atoms with van der Waals surface area (Å²) in [7, 11) is 1.95. The molecule has 1 heterocycles. The summed E-state index contributed by atoms with van der Waals surface area (Å²) in [5.74, 6) is -0.968. The van der Waals surface area contributed by atoms with Gasteiger partial charge in [0.15, 0.2) is 11.6 Å². The average molecular weight is 310 g/mol. The summed E-state index contributed by atoms with van der Waals surface area (Å²) in [5.41, 5.74) is 0.275. The van der Waals surface area contributed by atoms with Crippen molar-refractivity contribution in [1.82, 2.24) is 10.2 Å². The van der Waals surface area contributed by atoms with Crippen LogP contribution in [0.5, 0.6) is 0 Å². The highest BCUT2D eigenvalue weighted by Gasteiger charge is 2.22. The Hall–Kier alpha value is -1.49. The number of benzene rings is 1. The highest BCUT2D eigenvalue weighted by Crippen LogP contribution is 2.21. The lowest BCUT2D eigenvalue weighted by Crippen LogP contribution is -2.39. The number of carbonyl (C=O) groups excluding carboxylic acids is 1. The number of hydrogen-bond donors (Lipinski definition) is 1. The molecule has 1 aliphatic heterocycles. The van der Waals surface area contributed by atoms with E-state index in [2.05, 4.69) is 5.32 Å². The van der Waals surface area contributed by atoms with E-state index in [0.717, 1.165) is 45.0 Å². The number of rotatable bonds is 6. The first-order chi connectivity index (χ1) is 10.6. The predicted octanol–water partition coefficient (Wildman–Crippen LogP) is 2.75. The van der Waals surface area contributed by atoms with Gasteiger partial charge < -0.3 is 10.2 Å². The zero-order valence-electron chi connectivity index (χ0n) is 13.1. The van der Waals surface area contributed by atoms with E-state index in [-0.39, 0.29) is 24.3 Å². The lowest BCUT2D eigenvalue weighted by atomic mass is 9.93. The second-order valence-electron chi connectivity index (χ2n) is 5.93. The lowest BCUT2D eigenvalue weighted by Gasteiger charge is -2.32. The SMILES string of the molecule is CNCCC1CCN(C(=O)CCc2cccc(F)c2F)CC1. The zero-order valence-corrected chi connectivity index (χ0v) is 13.1. The molecule has 0 bridgehead atoms. The molecule has 0 radical (unpaired) electrons. The third-order valence-corrected chi connectivity index (χ3v) is 4.41. The summed E-state index contributed by atoms with van der Waals surface area (Å²) >= 11 is 0. The van der Waals surface area contributed by atoms with Gasteiger partial charge in [-0.05, 0) is 56.8 Å². The van der Waals surface area contributed by atoms with Crippen molar-refractivity contribution in [3.63, 3.8) is 0 Å². The number of piperidine rings is 1. The van der Waals surface area contributed by atoms with Crippen LogP contribution in [0.3, 0.4) is 0 Å². The maximum atomic E-state index is 13.6. The Bertz CT molecular complexity index is 499. The lowest BCUT2D eigenvalue weighted by molar-refractivity contribution is -0.132. The molecule has 0 spiro atoms. The summed E-state index contributed by atoms with van der Waals surface area (Å²) in [6.45, 7) is 2.56. The number of carbonyl (C=O) groups is 1. The molecule has 5 heteroatoms. The molecule has 2 rings (SSSR count). The fourth-order valence-corrected chi connectivity index (χ4v) is 2.96. The number of likely N-dealkylation sites (tertiary alicyclic amines) is 1. The number of amides is 1. The standard InChI is InChI=1S/C17H24F2N2O/c1-20-10-7-13-8-11-21(12-9-13)16(22)6-5-14-3-2-4-15(18)17(14)19/h2-4,13,20H,5-12H2,1H3. The zero-order chi connectivity index (χ0) is 15.9. The minimum Gasteiger partial charge on any atom is -0.343 e. The third kappa shape index (κ3) is 4.50. The normalized spacial score (nSPS) is 16.0. The molecular formula is C17H24F2N2O. The van der Waals surface area contributed by atoms with Crippen LogP contribution in [-0.4, -0.2) is 37.5 Å². The molecule has 1 N–H and O–H groups in total. The highest BCUT2D eigenvalue weighted by atomic mass is 19.2. The monoisotopic (exact) mass is 310 g/mol. The number of aryl methyl sites for hydroxylation is 1. The first-order valence-corrected chi connectivity index (χ1v) is 7.97. The van der Waals surface area contributed by atoms with Crippen LogP contribution >= 0.6 is 0 Å². The van der Waals surface area contributed by atoms with Crippen molar-refractivity contribution in [1.29, 1.82) is 0 Å². The first kappa shape index (κ1) is 16.9. The first-order valence-electron chi connectivity index (χ1n) is 7.97. The fraction of sp³-hybridized carbons (Fsp3) is 0.588. The summed E-state index contributed by atoms with van der Waals surface area (Å²) < 4.78 is 26.7. The van der Waals surface area contributed by atoms with Gasteiger partial charge >= 0.3 is 0 Å². The second kappa shape index (κ2) is 8.22. The van der Waals surface area contributed by atoms with E-state index >= 15 is 0 Å². The van der Waals surface area contributed by atoms with E-state index in [4.69, 9.17) is 0 Å². The molecule has 1 saturated heterocycles. The van der Waals surface area contributed by atoms with E-state index in [1.54, 1.807) is 0 Å². The van der Waals surface area contributed by atoms with Crippen LogP contribution in [0.25, 0.3) is 0 Å². The smallest absolute Gasteiger partial charge is 0.222 e. The van der Waals surface area contributed by atoms with Crippen LogP contribution in [0.15, 0.2) is 18.2 Å². The Kier molecular flexibility index (Phi) is 6.31. The van der Waals surface area contributed by atoms with Crippen molar-refractivity contribution < 1.29 is 13.6 Å². The quantitative estimate of drug-likeness (QED) is 0.876. The van der Waals surface area contributed by atoms with Crippen LogP contribution in [-0.2, 0) is 11.2 Å². The van der Waals surface area contributed by atoms with Gasteiger partial charge in [-0.15, -0.1) is 0 Å². The van der Waals surface area contributed by atoms with Gasteiger partial charge in [0, 0.05) is 19.5 Å². The van der Waals surface area contributed by atoms with Crippen molar-refractivity contribution in [2.75, 3.05) is 26.7 Å². The van der Waals surface area contributed by atoms with Crippen molar-refractivity contribution in [3.05, 3.63) is 35.4 Å². The van der Waals surface area contributed by atoms with E-state index in [0.29, 0.717) is 5.92 Å². The summed E-state index contributed by atoms with van der Waals surface area (Å²) in [4.78, 5) is 14.0. The van der Waals surface area contributed by atoms with E-state index in [9.17, 15) is 13.6 Å². The molecule has 0 aliphatic carbocycles. The van der Waals surface area contributed by atoms with Gasteiger partial charge in [0.05, 0.1) is 0 Å². The number of halogens is 2. The predicted molar refractivity (Wildman–Crippen MR) is 82.5 cm³/mol. The Balaban J connectivity index is 1.78. The summed E-state index contributed by atoms with van der Waals surface area (Å²) in [6.07, 6.45) is 3.69. The van der Waals surface area contributed by atoms with Crippen LogP contribution < -0.4 is 5.32 Å². The number of nitrogens with one attached hydrogen (secondary N) is 1. The molecule has 0 saturated carbocycles. The average Bonchev–Trinajstić information content (AvgIpc) is 2.54. The molecule has 1 amide bonds. The van der Waals surface area contributed by atoms with Crippen molar-refractivity contribution in [2.45, 2.75) is 32.1 Å². The molecule has 1 aliphatic rings. The minimum absolute atomic E-state index is 0.0377. The molecule has 1 aromatic carbocycles. The summed E-state index contributed by atoms with van der Waals surface area (Å²) in [5, 5.41) is 3.15. The number of hydrogen-bond acceptors (Lipinski definition) is 2.